The van der Waals surface area contributed by atoms with Crippen molar-refractivity contribution < 1.29 is 0 Å². The Morgan fingerprint density at radius 1 is 1.00 bits per heavy atom. The van der Waals surface area contributed by atoms with E-state index in [2.05, 4.69) is 79.2 Å². The highest BCUT2D eigenvalue weighted by Crippen LogP contribution is 2.80. The molecule has 0 heterocycles. The maximum atomic E-state index is 3.98. The van der Waals surface area contributed by atoms with Crippen LogP contribution in [-0.4, -0.2) is 0 Å². The van der Waals surface area contributed by atoms with E-state index in [1.165, 1.54) is 34.2 Å². The van der Waals surface area contributed by atoms with Crippen molar-refractivity contribution in [2.75, 3.05) is 0 Å². The average Bonchev–Trinajstić information content (AvgIpc) is 3.02. The Morgan fingerprint density at radius 3 is 2.35 bits per heavy atom. The summed E-state index contributed by atoms with van der Waals surface area (Å²) in [7, 11) is 0. The van der Waals surface area contributed by atoms with Gasteiger partial charge in [-0.2, -0.15) is 0 Å². The van der Waals surface area contributed by atoms with Gasteiger partial charge in [0.05, 0.1) is 0 Å². The summed E-state index contributed by atoms with van der Waals surface area (Å²) >= 11 is 3.98. The van der Waals surface area contributed by atoms with E-state index in [9.17, 15) is 0 Å². The van der Waals surface area contributed by atoms with Crippen LogP contribution in [0.15, 0.2) is 42.5 Å². The highest BCUT2D eigenvalue weighted by atomic mass is 79.9. The van der Waals surface area contributed by atoms with Gasteiger partial charge in [0, 0.05) is 10.2 Å². The molecule has 0 bridgehead atoms. The molecule has 0 unspecified atom stereocenters. The fourth-order valence-corrected chi connectivity index (χ4v) is 5.20. The van der Waals surface area contributed by atoms with Gasteiger partial charge in [-0.05, 0) is 42.4 Å². The maximum absolute atomic E-state index is 3.98. The molecule has 1 saturated carbocycles. The smallest absolute Gasteiger partial charge is 0.0464 e. The van der Waals surface area contributed by atoms with Crippen molar-refractivity contribution in [1.29, 1.82) is 0 Å². The van der Waals surface area contributed by atoms with Crippen molar-refractivity contribution in [2.24, 2.45) is 5.41 Å². The van der Waals surface area contributed by atoms with Gasteiger partial charge in [-0.1, -0.05) is 76.4 Å². The third-order valence-electron chi connectivity index (χ3n) is 5.53. The van der Waals surface area contributed by atoms with E-state index in [0.29, 0.717) is 10.2 Å². The third-order valence-corrected chi connectivity index (χ3v) is 7.03. The van der Waals surface area contributed by atoms with Crippen molar-refractivity contribution in [3.8, 4) is 0 Å². The van der Waals surface area contributed by atoms with E-state index in [-0.39, 0.29) is 5.41 Å². The lowest BCUT2D eigenvalue weighted by molar-refractivity contribution is 0.530. The molecule has 0 radical (unpaired) electrons. The number of hydrogen-bond acceptors (Lipinski definition) is 0. The summed E-state index contributed by atoms with van der Waals surface area (Å²) in [6.07, 6.45) is 1.26. The summed E-state index contributed by atoms with van der Waals surface area (Å²) in [5.74, 6) is 0. The van der Waals surface area contributed by atoms with Crippen LogP contribution in [0, 0.1) is 19.3 Å². The van der Waals surface area contributed by atoms with Crippen LogP contribution in [0.4, 0.5) is 0 Å². The summed E-state index contributed by atoms with van der Waals surface area (Å²) in [4.78, 5) is 0.478. The molecule has 0 N–H and O–H groups in total. The zero-order valence-electron chi connectivity index (χ0n) is 12.2. The summed E-state index contributed by atoms with van der Waals surface area (Å²) in [6, 6.07) is 16.1. The second kappa shape index (κ2) is 3.76. The minimum atomic E-state index is 0.234. The third kappa shape index (κ3) is 1.32. The first kappa shape index (κ1) is 12.6. The van der Waals surface area contributed by atoms with Gasteiger partial charge in [-0.3, -0.25) is 0 Å². The largest absolute Gasteiger partial charge is 0.0832 e. The molecule has 2 aromatic rings. The first-order chi connectivity index (χ1) is 9.49. The number of benzene rings is 2. The minimum Gasteiger partial charge on any atom is -0.0832 e. The van der Waals surface area contributed by atoms with Gasteiger partial charge in [0.25, 0.3) is 0 Å². The number of fused-ring (bicyclic) bond motifs is 3. The number of hydrogen-bond donors (Lipinski definition) is 0. The topological polar surface area (TPSA) is 0 Å². The van der Waals surface area contributed by atoms with E-state index in [1.54, 1.807) is 0 Å². The highest BCUT2D eigenvalue weighted by molar-refractivity contribution is 9.09. The van der Waals surface area contributed by atoms with Crippen LogP contribution in [0.1, 0.15) is 46.0 Å². The zero-order chi connectivity index (χ0) is 14.1. The fraction of sp³-hybridized carbons (Fsp3) is 0.368. The maximum Gasteiger partial charge on any atom is 0.0464 e. The Labute approximate surface area is 129 Å². The van der Waals surface area contributed by atoms with E-state index in [0.717, 1.165) is 0 Å². The van der Waals surface area contributed by atoms with Gasteiger partial charge in [0.2, 0.25) is 0 Å². The summed E-state index contributed by atoms with van der Waals surface area (Å²) < 4.78 is 0. The van der Waals surface area contributed by atoms with Gasteiger partial charge >= 0.3 is 0 Å². The average molecular weight is 327 g/mol. The van der Waals surface area contributed by atoms with Gasteiger partial charge < -0.3 is 0 Å². The first-order valence-electron chi connectivity index (χ1n) is 7.31. The fourth-order valence-electron chi connectivity index (χ4n) is 4.26. The lowest BCUT2D eigenvalue weighted by Crippen LogP contribution is -2.13. The van der Waals surface area contributed by atoms with E-state index < -0.39 is 0 Å². The molecule has 2 aliphatic carbocycles. The quantitative estimate of drug-likeness (QED) is 0.611. The summed E-state index contributed by atoms with van der Waals surface area (Å²) in [6.45, 7) is 6.78. The first-order valence-corrected chi connectivity index (χ1v) is 8.23. The lowest BCUT2D eigenvalue weighted by atomic mass is 9.85. The molecule has 102 valence electrons. The van der Waals surface area contributed by atoms with Crippen LogP contribution in [0.25, 0.3) is 0 Å². The molecule has 20 heavy (non-hydrogen) atoms. The van der Waals surface area contributed by atoms with Gasteiger partial charge in [-0.25, -0.2) is 0 Å². The molecule has 0 saturated heterocycles. The predicted molar refractivity (Wildman–Crippen MR) is 87.5 cm³/mol. The Kier molecular flexibility index (Phi) is 2.38. The predicted octanol–water partition coefficient (Wildman–Crippen LogP) is 5.45. The highest BCUT2D eigenvalue weighted by Gasteiger charge is 2.73. The van der Waals surface area contributed by atoms with Crippen molar-refractivity contribution in [3.05, 3.63) is 70.3 Å². The number of rotatable bonds is 1. The summed E-state index contributed by atoms with van der Waals surface area (Å²) in [5.41, 5.74) is 7.78. The van der Waals surface area contributed by atoms with Crippen LogP contribution < -0.4 is 0 Å². The normalized spacial score (nSPS) is 33.7. The Hall–Kier alpha value is -1.08. The van der Waals surface area contributed by atoms with Gasteiger partial charge in [0.1, 0.15) is 0 Å². The van der Waals surface area contributed by atoms with Crippen molar-refractivity contribution in [1.82, 2.24) is 0 Å². The molecular formula is C19H19Br. The number of halogens is 1. The van der Waals surface area contributed by atoms with Crippen LogP contribution in [0.3, 0.4) is 0 Å². The molecule has 1 heteroatoms. The molecule has 0 amide bonds. The molecule has 1 fully saturated rings. The molecule has 0 aliphatic heterocycles. The van der Waals surface area contributed by atoms with E-state index >= 15 is 0 Å². The van der Waals surface area contributed by atoms with Crippen LogP contribution in [0.5, 0.6) is 0 Å². The SMILES string of the molecule is Cc1ccc([C@@]23C[C@]2(C)[C@H](Br)c2cc(C)ccc23)cc1. The standard InChI is InChI=1S/C19H19Br/c1-12-4-7-14(8-5-12)19-11-18(19,3)17(20)15-10-13(2)6-9-16(15)19/h4-10,17H,11H2,1-3H3/t17-,18-,19-/m1/s1. The molecule has 3 atom stereocenters. The van der Waals surface area contributed by atoms with Gasteiger partial charge in [-0.15, -0.1) is 0 Å². The van der Waals surface area contributed by atoms with Crippen LogP contribution in [-0.2, 0) is 5.41 Å². The summed E-state index contributed by atoms with van der Waals surface area (Å²) in [5, 5.41) is 0. The molecule has 0 aromatic heterocycles. The minimum absolute atomic E-state index is 0.234. The molecule has 4 rings (SSSR count). The number of aryl methyl sites for hydroxylation is 2. The van der Waals surface area contributed by atoms with Crippen LogP contribution in [0.2, 0.25) is 0 Å². The monoisotopic (exact) mass is 326 g/mol. The molecule has 2 aromatic carbocycles. The Morgan fingerprint density at radius 2 is 1.65 bits per heavy atom. The second-order valence-electron chi connectivity index (χ2n) is 6.82. The number of alkyl halides is 1. The molecule has 0 nitrogen and oxygen atoms in total. The van der Waals surface area contributed by atoms with E-state index in [1.807, 2.05) is 0 Å². The molecular weight excluding hydrogens is 308 g/mol. The van der Waals surface area contributed by atoms with Crippen molar-refractivity contribution in [3.63, 3.8) is 0 Å². The Bertz CT molecular complexity index is 700. The van der Waals surface area contributed by atoms with Crippen LogP contribution >= 0.6 is 15.9 Å². The van der Waals surface area contributed by atoms with Gasteiger partial charge in [0.15, 0.2) is 0 Å². The second-order valence-corrected chi connectivity index (χ2v) is 7.73. The Balaban J connectivity index is 1.95. The van der Waals surface area contributed by atoms with E-state index in [4.69, 9.17) is 0 Å². The zero-order valence-corrected chi connectivity index (χ0v) is 13.8. The van der Waals surface area contributed by atoms with Crippen molar-refractivity contribution >= 4 is 15.9 Å². The molecule has 0 spiro atoms. The van der Waals surface area contributed by atoms with Crippen molar-refractivity contribution in [2.45, 2.75) is 37.4 Å². The molecule has 2 aliphatic rings. The lowest BCUT2D eigenvalue weighted by Gasteiger charge is -2.18.